The van der Waals surface area contributed by atoms with Gasteiger partial charge in [-0.15, -0.1) is 0 Å². The number of carbonyl (C=O) groups excluding carboxylic acids is 2. The highest BCUT2D eigenvalue weighted by Gasteiger charge is 2.08. The third-order valence-corrected chi connectivity index (χ3v) is 3.17. The number of nitrogens with one attached hydrogen (secondary N) is 1. The molecule has 0 bridgehead atoms. The summed E-state index contributed by atoms with van der Waals surface area (Å²) >= 11 is 5.86. The van der Waals surface area contributed by atoms with Crippen molar-refractivity contribution in [1.29, 1.82) is 0 Å². The van der Waals surface area contributed by atoms with Crippen molar-refractivity contribution in [2.75, 3.05) is 6.61 Å². The maximum Gasteiger partial charge on any atom is 0.310 e. The van der Waals surface area contributed by atoms with E-state index < -0.39 is 5.97 Å². The second kappa shape index (κ2) is 8.20. The molecule has 2 aromatic rings. The van der Waals surface area contributed by atoms with Gasteiger partial charge in [0.05, 0.1) is 6.42 Å². The molecule has 0 heterocycles. The molecule has 4 nitrogen and oxygen atoms in total. The minimum Gasteiger partial charge on any atom is -0.455 e. The largest absolute Gasteiger partial charge is 0.455 e. The van der Waals surface area contributed by atoms with Crippen molar-refractivity contribution < 1.29 is 14.3 Å². The van der Waals surface area contributed by atoms with Crippen molar-refractivity contribution in [1.82, 2.24) is 5.32 Å². The summed E-state index contributed by atoms with van der Waals surface area (Å²) in [5.41, 5.74) is 1.74. The van der Waals surface area contributed by atoms with Crippen molar-refractivity contribution >= 4 is 23.5 Å². The van der Waals surface area contributed by atoms with Gasteiger partial charge in [0.1, 0.15) is 0 Å². The molecule has 2 rings (SSSR count). The lowest BCUT2D eigenvalue weighted by Crippen LogP contribution is -2.28. The van der Waals surface area contributed by atoms with E-state index in [1.807, 2.05) is 42.5 Å². The maximum absolute atomic E-state index is 11.6. The normalized spacial score (nSPS) is 10.0. The summed E-state index contributed by atoms with van der Waals surface area (Å²) in [6, 6.07) is 16.4. The highest BCUT2D eigenvalue weighted by atomic mass is 35.5. The van der Waals surface area contributed by atoms with Gasteiger partial charge in [-0.05, 0) is 23.3 Å². The Morgan fingerprint density at radius 2 is 1.73 bits per heavy atom. The highest BCUT2D eigenvalue weighted by molar-refractivity contribution is 6.30. The molecule has 1 N–H and O–H groups in total. The number of benzene rings is 2. The molecule has 22 heavy (non-hydrogen) atoms. The average molecular weight is 318 g/mol. The zero-order valence-corrected chi connectivity index (χ0v) is 12.7. The van der Waals surface area contributed by atoms with Gasteiger partial charge in [-0.2, -0.15) is 0 Å². The number of rotatable bonds is 6. The molecule has 114 valence electrons. The van der Waals surface area contributed by atoms with E-state index in [-0.39, 0.29) is 18.9 Å². The Morgan fingerprint density at radius 1 is 1.00 bits per heavy atom. The number of halogens is 1. The van der Waals surface area contributed by atoms with Crippen LogP contribution < -0.4 is 5.32 Å². The molecule has 0 aromatic heterocycles. The van der Waals surface area contributed by atoms with Crippen LogP contribution in [0.2, 0.25) is 5.02 Å². The standard InChI is InChI=1S/C17H16ClNO3/c18-15-8-4-7-14(9-15)11-19-16(20)12-22-17(21)10-13-5-2-1-3-6-13/h1-9H,10-12H2,(H,19,20). The Balaban J connectivity index is 1.70. The molecular formula is C17H16ClNO3. The van der Waals surface area contributed by atoms with Gasteiger partial charge in [-0.3, -0.25) is 9.59 Å². The third-order valence-electron chi connectivity index (χ3n) is 2.93. The minimum atomic E-state index is -0.427. The number of carbonyl (C=O) groups is 2. The molecule has 0 fully saturated rings. The van der Waals surface area contributed by atoms with E-state index in [4.69, 9.17) is 16.3 Å². The van der Waals surface area contributed by atoms with Crippen molar-refractivity contribution in [3.05, 3.63) is 70.7 Å². The van der Waals surface area contributed by atoms with E-state index in [1.165, 1.54) is 0 Å². The summed E-state index contributed by atoms with van der Waals surface area (Å²) < 4.78 is 4.94. The minimum absolute atomic E-state index is 0.155. The predicted octanol–water partition coefficient (Wildman–Crippen LogP) is 2.74. The molecule has 0 saturated carbocycles. The van der Waals surface area contributed by atoms with Gasteiger partial charge in [0, 0.05) is 11.6 Å². The summed E-state index contributed by atoms with van der Waals surface area (Å²) in [5, 5.41) is 3.28. The fourth-order valence-corrected chi connectivity index (χ4v) is 2.07. The molecule has 5 heteroatoms. The zero-order valence-electron chi connectivity index (χ0n) is 11.9. The lowest BCUT2D eigenvalue weighted by atomic mass is 10.2. The smallest absolute Gasteiger partial charge is 0.310 e. The lowest BCUT2D eigenvalue weighted by Gasteiger charge is -2.07. The molecule has 0 spiro atoms. The number of ether oxygens (including phenoxy) is 1. The van der Waals surface area contributed by atoms with Crippen LogP contribution in [0.4, 0.5) is 0 Å². The first-order chi connectivity index (χ1) is 10.6. The fraction of sp³-hybridized carbons (Fsp3) is 0.176. The van der Waals surface area contributed by atoms with Crippen LogP contribution in [-0.2, 0) is 27.3 Å². The van der Waals surface area contributed by atoms with Crippen LogP contribution in [0.25, 0.3) is 0 Å². The topological polar surface area (TPSA) is 55.4 Å². The molecular weight excluding hydrogens is 302 g/mol. The number of hydrogen-bond donors (Lipinski definition) is 1. The molecule has 0 unspecified atom stereocenters. The van der Waals surface area contributed by atoms with Crippen LogP contribution >= 0.6 is 11.6 Å². The van der Waals surface area contributed by atoms with Gasteiger partial charge in [-0.25, -0.2) is 0 Å². The summed E-state index contributed by atoms with van der Waals surface area (Å²) in [6.45, 7) is 0.0574. The first-order valence-electron chi connectivity index (χ1n) is 6.84. The molecule has 1 amide bonds. The zero-order chi connectivity index (χ0) is 15.8. The van der Waals surface area contributed by atoms with Crippen LogP contribution in [0.15, 0.2) is 54.6 Å². The quantitative estimate of drug-likeness (QED) is 0.833. The maximum atomic E-state index is 11.6. The van der Waals surface area contributed by atoms with Crippen molar-refractivity contribution in [2.24, 2.45) is 0 Å². The Hall–Kier alpha value is -2.33. The Morgan fingerprint density at radius 3 is 2.45 bits per heavy atom. The molecule has 0 saturated heterocycles. The summed E-state index contributed by atoms with van der Waals surface area (Å²) in [7, 11) is 0. The number of amides is 1. The van der Waals surface area contributed by atoms with Crippen molar-refractivity contribution in [3.8, 4) is 0 Å². The van der Waals surface area contributed by atoms with Gasteiger partial charge in [0.15, 0.2) is 6.61 Å². The fourth-order valence-electron chi connectivity index (χ4n) is 1.86. The molecule has 0 aliphatic carbocycles. The molecule has 2 aromatic carbocycles. The van der Waals surface area contributed by atoms with Crippen LogP contribution in [0.1, 0.15) is 11.1 Å². The van der Waals surface area contributed by atoms with E-state index in [9.17, 15) is 9.59 Å². The van der Waals surface area contributed by atoms with E-state index in [2.05, 4.69) is 5.32 Å². The van der Waals surface area contributed by atoms with Gasteiger partial charge < -0.3 is 10.1 Å². The Kier molecular flexibility index (Phi) is 5.98. The second-order valence-electron chi connectivity index (χ2n) is 4.73. The van der Waals surface area contributed by atoms with Gasteiger partial charge in [0.25, 0.3) is 5.91 Å². The molecule has 0 atom stereocenters. The van der Waals surface area contributed by atoms with E-state index in [0.717, 1.165) is 11.1 Å². The highest BCUT2D eigenvalue weighted by Crippen LogP contribution is 2.10. The van der Waals surface area contributed by atoms with Crippen molar-refractivity contribution in [2.45, 2.75) is 13.0 Å². The monoisotopic (exact) mass is 317 g/mol. The number of hydrogen-bond acceptors (Lipinski definition) is 3. The van der Waals surface area contributed by atoms with E-state index in [0.29, 0.717) is 11.6 Å². The summed E-state index contributed by atoms with van der Waals surface area (Å²) in [4.78, 5) is 23.3. The van der Waals surface area contributed by atoms with Crippen LogP contribution in [0.3, 0.4) is 0 Å². The lowest BCUT2D eigenvalue weighted by molar-refractivity contribution is -0.147. The van der Waals surface area contributed by atoms with Gasteiger partial charge in [-0.1, -0.05) is 54.1 Å². The number of esters is 1. The third kappa shape index (κ3) is 5.58. The Bertz CT molecular complexity index is 643. The van der Waals surface area contributed by atoms with Crippen LogP contribution in [0.5, 0.6) is 0 Å². The first kappa shape index (κ1) is 16.0. The predicted molar refractivity (Wildman–Crippen MR) is 84.4 cm³/mol. The SMILES string of the molecule is O=C(COC(=O)Cc1ccccc1)NCc1cccc(Cl)c1. The summed E-state index contributed by atoms with van der Waals surface area (Å²) in [5.74, 6) is -0.773. The van der Waals surface area contributed by atoms with Crippen LogP contribution in [0, 0.1) is 0 Å². The van der Waals surface area contributed by atoms with Gasteiger partial charge in [0.2, 0.25) is 0 Å². The summed E-state index contributed by atoms with van der Waals surface area (Å²) in [6.07, 6.45) is 0.155. The second-order valence-corrected chi connectivity index (χ2v) is 5.17. The molecule has 0 aliphatic rings. The molecule has 0 aliphatic heterocycles. The van der Waals surface area contributed by atoms with Gasteiger partial charge >= 0.3 is 5.97 Å². The first-order valence-corrected chi connectivity index (χ1v) is 7.22. The molecule has 0 radical (unpaired) electrons. The van der Waals surface area contributed by atoms with E-state index >= 15 is 0 Å². The van der Waals surface area contributed by atoms with Crippen molar-refractivity contribution in [3.63, 3.8) is 0 Å². The van der Waals surface area contributed by atoms with Crippen LogP contribution in [-0.4, -0.2) is 18.5 Å². The Labute approximate surface area is 134 Å². The van der Waals surface area contributed by atoms with E-state index in [1.54, 1.807) is 12.1 Å². The average Bonchev–Trinajstić information content (AvgIpc) is 2.52.